The first-order chi connectivity index (χ1) is 11.8. The van der Waals surface area contributed by atoms with Gasteiger partial charge in [0.25, 0.3) is 0 Å². The molecule has 1 aliphatic carbocycles. The third-order valence-corrected chi connectivity index (χ3v) is 4.95. The van der Waals surface area contributed by atoms with Crippen LogP contribution >= 0.6 is 11.6 Å². The molecule has 1 aliphatic rings. The van der Waals surface area contributed by atoms with Gasteiger partial charge in [-0.1, -0.05) is 35.9 Å². The molecule has 2 aromatic carbocycles. The predicted octanol–water partition coefficient (Wildman–Crippen LogP) is 4.25. The summed E-state index contributed by atoms with van der Waals surface area (Å²) in [6, 6.07) is 13.0. The van der Waals surface area contributed by atoms with E-state index in [2.05, 4.69) is 16.7 Å². The Kier molecular flexibility index (Phi) is 5.02. The van der Waals surface area contributed by atoms with E-state index >= 15 is 0 Å². The first-order valence-electron chi connectivity index (χ1n) is 8.49. The van der Waals surface area contributed by atoms with Crippen molar-refractivity contribution in [2.24, 2.45) is 0 Å². The first kappa shape index (κ1) is 17.8. The van der Waals surface area contributed by atoms with Gasteiger partial charge in [-0.25, -0.2) is 4.79 Å². The largest absolute Gasteiger partial charge is 0.393 e. The Hall–Kier alpha value is -2.04. The normalized spacial score (nSPS) is 16.9. The Labute approximate surface area is 153 Å². The second kappa shape index (κ2) is 7.06. The molecule has 0 bridgehead atoms. The van der Waals surface area contributed by atoms with Gasteiger partial charge in [-0.15, -0.1) is 0 Å². The molecule has 0 radical (unpaired) electrons. The van der Waals surface area contributed by atoms with Gasteiger partial charge in [-0.2, -0.15) is 0 Å². The smallest absolute Gasteiger partial charge is 0.319 e. The van der Waals surface area contributed by atoms with Crippen molar-refractivity contribution < 1.29 is 9.90 Å². The molecule has 4 nitrogen and oxygen atoms in total. The lowest BCUT2D eigenvalue weighted by atomic mass is 9.88. The minimum Gasteiger partial charge on any atom is -0.393 e. The van der Waals surface area contributed by atoms with E-state index in [9.17, 15) is 9.90 Å². The number of fused-ring (bicyclic) bond motifs is 1. The summed E-state index contributed by atoms with van der Waals surface area (Å²) in [6.07, 6.45) is 1.84. The topological polar surface area (TPSA) is 61.4 Å². The molecule has 2 amide bonds. The Morgan fingerprint density at radius 1 is 1.20 bits per heavy atom. The molecule has 0 heterocycles. The minimum atomic E-state index is -0.539. The van der Waals surface area contributed by atoms with E-state index in [1.165, 1.54) is 5.56 Å². The number of nitrogens with one attached hydrogen (secondary N) is 2. The van der Waals surface area contributed by atoms with Crippen LogP contribution in [0.1, 0.15) is 37.0 Å². The highest BCUT2D eigenvalue weighted by molar-refractivity contribution is 6.30. The van der Waals surface area contributed by atoms with Crippen molar-refractivity contribution in [3.8, 4) is 0 Å². The zero-order valence-corrected chi connectivity index (χ0v) is 15.2. The number of hydrogen-bond acceptors (Lipinski definition) is 2. The van der Waals surface area contributed by atoms with Crippen LogP contribution in [0, 0.1) is 0 Å². The van der Waals surface area contributed by atoms with Crippen LogP contribution in [0.4, 0.5) is 10.5 Å². The molecule has 25 heavy (non-hydrogen) atoms. The number of hydrogen-bond donors (Lipinski definition) is 3. The van der Waals surface area contributed by atoms with Crippen molar-refractivity contribution in [1.29, 1.82) is 0 Å². The van der Waals surface area contributed by atoms with E-state index < -0.39 is 5.54 Å². The van der Waals surface area contributed by atoms with E-state index in [-0.39, 0.29) is 12.1 Å². The summed E-state index contributed by atoms with van der Waals surface area (Å²) >= 11 is 5.93. The van der Waals surface area contributed by atoms with E-state index in [1.807, 2.05) is 50.2 Å². The van der Waals surface area contributed by atoms with Crippen molar-refractivity contribution in [2.75, 3.05) is 5.32 Å². The SMILES string of the molecule is CC(C)(NC(=O)Nc1cccc2c1CC(O)CC2)c1ccc(Cl)cc1. The van der Waals surface area contributed by atoms with Crippen LogP contribution in [0.25, 0.3) is 0 Å². The zero-order valence-electron chi connectivity index (χ0n) is 14.5. The lowest BCUT2D eigenvalue weighted by Crippen LogP contribution is -2.43. The third kappa shape index (κ3) is 4.14. The summed E-state index contributed by atoms with van der Waals surface area (Å²) in [6.45, 7) is 3.89. The number of aliphatic hydroxyl groups is 1. The molecule has 0 aliphatic heterocycles. The van der Waals surface area contributed by atoms with E-state index in [4.69, 9.17) is 11.6 Å². The quantitative estimate of drug-likeness (QED) is 0.768. The molecule has 132 valence electrons. The lowest BCUT2D eigenvalue weighted by Gasteiger charge is -2.28. The summed E-state index contributed by atoms with van der Waals surface area (Å²) < 4.78 is 0. The number of rotatable bonds is 3. The molecule has 0 saturated carbocycles. The molecule has 5 heteroatoms. The standard InChI is InChI=1S/C20H23ClN2O2/c1-20(2,14-7-9-15(21)10-8-14)23-19(25)22-18-5-3-4-13-6-11-16(24)12-17(13)18/h3-5,7-10,16,24H,6,11-12H2,1-2H3,(H2,22,23,25). The third-order valence-electron chi connectivity index (χ3n) is 4.70. The molecular weight excluding hydrogens is 336 g/mol. The monoisotopic (exact) mass is 358 g/mol. The van der Waals surface area contributed by atoms with Gasteiger partial charge in [0, 0.05) is 17.1 Å². The molecule has 2 aromatic rings. The molecule has 0 fully saturated rings. The summed E-state index contributed by atoms with van der Waals surface area (Å²) in [5, 5.41) is 16.5. The Balaban J connectivity index is 1.74. The maximum atomic E-state index is 12.5. The van der Waals surface area contributed by atoms with Crippen LogP contribution in [0.15, 0.2) is 42.5 Å². The number of anilines is 1. The van der Waals surface area contributed by atoms with Gasteiger partial charge in [0.2, 0.25) is 0 Å². The summed E-state index contributed by atoms with van der Waals surface area (Å²) in [5.41, 5.74) is 3.42. The van der Waals surface area contributed by atoms with Crippen molar-refractivity contribution in [3.05, 3.63) is 64.2 Å². The lowest BCUT2D eigenvalue weighted by molar-refractivity contribution is 0.159. The molecule has 0 spiro atoms. The highest BCUT2D eigenvalue weighted by Gasteiger charge is 2.24. The Bertz CT molecular complexity index is 772. The van der Waals surface area contributed by atoms with Gasteiger partial charge in [-0.3, -0.25) is 0 Å². The Morgan fingerprint density at radius 3 is 2.64 bits per heavy atom. The minimum absolute atomic E-state index is 0.270. The van der Waals surface area contributed by atoms with Crippen LogP contribution in [0.3, 0.4) is 0 Å². The predicted molar refractivity (Wildman–Crippen MR) is 101 cm³/mol. The highest BCUT2D eigenvalue weighted by Crippen LogP contribution is 2.28. The Morgan fingerprint density at radius 2 is 1.92 bits per heavy atom. The number of benzene rings is 2. The summed E-state index contributed by atoms with van der Waals surface area (Å²) in [7, 11) is 0. The van der Waals surface area contributed by atoms with Gasteiger partial charge in [0.1, 0.15) is 0 Å². The number of amides is 2. The average molecular weight is 359 g/mol. The average Bonchev–Trinajstić information content (AvgIpc) is 2.55. The van der Waals surface area contributed by atoms with Crippen LogP contribution in [0.2, 0.25) is 5.02 Å². The van der Waals surface area contributed by atoms with Gasteiger partial charge in [0.15, 0.2) is 0 Å². The van der Waals surface area contributed by atoms with Crippen LogP contribution in [-0.2, 0) is 18.4 Å². The van der Waals surface area contributed by atoms with E-state index in [1.54, 1.807) is 0 Å². The van der Waals surface area contributed by atoms with Crippen LogP contribution < -0.4 is 10.6 Å². The molecule has 0 saturated heterocycles. The maximum absolute atomic E-state index is 12.5. The van der Waals surface area contributed by atoms with Crippen molar-refractivity contribution in [2.45, 2.75) is 44.8 Å². The number of aliphatic hydroxyl groups excluding tert-OH is 1. The van der Waals surface area contributed by atoms with Crippen molar-refractivity contribution in [1.82, 2.24) is 5.32 Å². The zero-order chi connectivity index (χ0) is 18.0. The van der Waals surface area contributed by atoms with Gasteiger partial charge >= 0.3 is 6.03 Å². The van der Waals surface area contributed by atoms with Gasteiger partial charge in [-0.05, 0) is 61.6 Å². The number of halogens is 1. The van der Waals surface area contributed by atoms with Gasteiger partial charge < -0.3 is 15.7 Å². The second-order valence-electron chi connectivity index (χ2n) is 7.05. The number of aryl methyl sites for hydroxylation is 1. The fraction of sp³-hybridized carbons (Fsp3) is 0.350. The fourth-order valence-electron chi connectivity index (χ4n) is 3.26. The number of carbonyl (C=O) groups is 1. The van der Waals surface area contributed by atoms with Crippen molar-refractivity contribution in [3.63, 3.8) is 0 Å². The second-order valence-corrected chi connectivity index (χ2v) is 7.49. The molecular formula is C20H23ClN2O2. The van der Waals surface area contributed by atoms with Crippen LogP contribution in [-0.4, -0.2) is 17.2 Å². The van der Waals surface area contributed by atoms with Crippen LogP contribution in [0.5, 0.6) is 0 Å². The molecule has 3 rings (SSSR count). The molecule has 1 unspecified atom stereocenters. The summed E-state index contributed by atoms with van der Waals surface area (Å²) in [4.78, 5) is 12.5. The van der Waals surface area contributed by atoms with Crippen molar-refractivity contribution >= 4 is 23.3 Å². The maximum Gasteiger partial charge on any atom is 0.319 e. The molecule has 3 N–H and O–H groups in total. The highest BCUT2D eigenvalue weighted by atomic mass is 35.5. The number of urea groups is 1. The van der Waals surface area contributed by atoms with Gasteiger partial charge in [0.05, 0.1) is 11.6 Å². The van der Waals surface area contributed by atoms with E-state index in [0.717, 1.165) is 29.7 Å². The van der Waals surface area contributed by atoms with E-state index in [0.29, 0.717) is 11.4 Å². The first-order valence-corrected chi connectivity index (χ1v) is 8.87. The fourth-order valence-corrected chi connectivity index (χ4v) is 3.39. The summed E-state index contributed by atoms with van der Waals surface area (Å²) in [5.74, 6) is 0. The molecule has 1 atom stereocenters. The number of carbonyl (C=O) groups excluding carboxylic acids is 1. The molecule has 0 aromatic heterocycles.